The fourth-order valence-electron chi connectivity index (χ4n) is 1.47. The normalized spacial score (nSPS) is 15.2. The van der Waals surface area contributed by atoms with E-state index in [1.54, 1.807) is 14.0 Å². The van der Waals surface area contributed by atoms with E-state index in [2.05, 4.69) is 15.8 Å². The number of amidine groups is 1. The zero-order valence-electron chi connectivity index (χ0n) is 11.3. The smallest absolute Gasteiger partial charge is 0.236 e. The number of nitrogens with one attached hydrogen (secondary N) is 2. The molecule has 0 aliphatic heterocycles. The molecule has 0 aromatic heterocycles. The fourth-order valence-corrected chi connectivity index (χ4v) is 1.47. The van der Waals surface area contributed by atoms with Crippen LogP contribution in [0, 0.1) is 0 Å². The summed E-state index contributed by atoms with van der Waals surface area (Å²) in [5.74, 6) is 0.0614. The van der Waals surface area contributed by atoms with Gasteiger partial charge in [0.25, 0.3) is 0 Å². The molecule has 5 N–H and O–H groups in total. The highest BCUT2D eigenvalue weighted by Gasteiger charge is 2.17. The van der Waals surface area contributed by atoms with Crippen LogP contribution in [0.15, 0.2) is 5.16 Å². The molecular formula is C11H24N4O3. The zero-order valence-corrected chi connectivity index (χ0v) is 11.3. The minimum atomic E-state index is -0.335. The van der Waals surface area contributed by atoms with Crippen LogP contribution in [-0.4, -0.2) is 49.3 Å². The van der Waals surface area contributed by atoms with E-state index in [0.717, 1.165) is 6.42 Å². The van der Waals surface area contributed by atoms with E-state index >= 15 is 0 Å². The molecule has 7 heteroatoms. The molecule has 0 bridgehead atoms. The van der Waals surface area contributed by atoms with E-state index < -0.39 is 0 Å². The lowest BCUT2D eigenvalue weighted by molar-refractivity contribution is -0.123. The first kappa shape index (κ1) is 16.7. The number of ether oxygens (including phenoxy) is 1. The van der Waals surface area contributed by atoms with Gasteiger partial charge in [0.2, 0.25) is 5.91 Å². The number of carbonyl (C=O) groups is 1. The Kier molecular flexibility index (Phi) is 8.95. The predicted octanol–water partition coefficient (Wildman–Crippen LogP) is -0.358. The summed E-state index contributed by atoms with van der Waals surface area (Å²) in [4.78, 5) is 11.7. The molecule has 0 radical (unpaired) electrons. The number of methoxy groups -OCH3 is 1. The van der Waals surface area contributed by atoms with Crippen molar-refractivity contribution in [2.24, 2.45) is 10.9 Å². The second-order valence-electron chi connectivity index (χ2n) is 4.07. The third-order valence-corrected chi connectivity index (χ3v) is 2.56. The Hall–Kier alpha value is -1.34. The zero-order chi connectivity index (χ0) is 14.0. The Morgan fingerprint density at radius 2 is 2.22 bits per heavy atom. The van der Waals surface area contributed by atoms with Crippen molar-refractivity contribution in [2.45, 2.75) is 38.8 Å². The number of oxime groups is 1. The Labute approximate surface area is 108 Å². The van der Waals surface area contributed by atoms with Gasteiger partial charge in [-0.25, -0.2) is 0 Å². The molecule has 0 aliphatic rings. The predicted molar refractivity (Wildman–Crippen MR) is 69.6 cm³/mol. The largest absolute Gasteiger partial charge is 0.409 e. The van der Waals surface area contributed by atoms with Gasteiger partial charge in [0.05, 0.1) is 12.6 Å². The van der Waals surface area contributed by atoms with Crippen molar-refractivity contribution in [3.63, 3.8) is 0 Å². The van der Waals surface area contributed by atoms with Gasteiger partial charge in [-0.3, -0.25) is 4.79 Å². The monoisotopic (exact) mass is 260 g/mol. The van der Waals surface area contributed by atoms with E-state index in [9.17, 15) is 4.79 Å². The van der Waals surface area contributed by atoms with Crippen molar-refractivity contribution < 1.29 is 14.7 Å². The maximum Gasteiger partial charge on any atom is 0.236 e. The van der Waals surface area contributed by atoms with Crippen LogP contribution in [0.3, 0.4) is 0 Å². The third-order valence-electron chi connectivity index (χ3n) is 2.56. The Bertz CT molecular complexity index is 271. The summed E-state index contributed by atoms with van der Waals surface area (Å²) in [6.07, 6.45) is 1.19. The van der Waals surface area contributed by atoms with Crippen LogP contribution in [0.5, 0.6) is 0 Å². The molecule has 0 rings (SSSR count). The highest BCUT2D eigenvalue weighted by Crippen LogP contribution is 1.99. The Morgan fingerprint density at radius 3 is 2.72 bits per heavy atom. The lowest BCUT2D eigenvalue weighted by atomic mass is 10.1. The number of hydrogen-bond donors (Lipinski definition) is 4. The standard InChI is InChI=1S/C11H24N4O3/c1-4-9(7-10(12)15-17)14-8(2)11(16)13-5-6-18-3/h8-9,14,17H,4-7H2,1-3H3,(H2,12,15)(H,13,16). The van der Waals surface area contributed by atoms with Gasteiger partial charge in [0, 0.05) is 26.1 Å². The van der Waals surface area contributed by atoms with Gasteiger partial charge in [-0.15, -0.1) is 0 Å². The summed E-state index contributed by atoms with van der Waals surface area (Å²) in [6.45, 7) is 4.72. The van der Waals surface area contributed by atoms with E-state index in [1.807, 2.05) is 6.92 Å². The van der Waals surface area contributed by atoms with E-state index in [1.165, 1.54) is 0 Å². The maximum absolute atomic E-state index is 11.7. The van der Waals surface area contributed by atoms with Crippen LogP contribution >= 0.6 is 0 Å². The number of nitrogens with zero attached hydrogens (tertiary/aromatic N) is 1. The summed E-state index contributed by atoms with van der Waals surface area (Å²) in [7, 11) is 1.58. The van der Waals surface area contributed by atoms with Gasteiger partial charge in [0.1, 0.15) is 5.84 Å². The van der Waals surface area contributed by atoms with Gasteiger partial charge in [-0.1, -0.05) is 12.1 Å². The van der Waals surface area contributed by atoms with Crippen molar-refractivity contribution in [1.82, 2.24) is 10.6 Å². The number of nitrogens with two attached hydrogens (primary N) is 1. The highest BCUT2D eigenvalue weighted by atomic mass is 16.5. The Morgan fingerprint density at radius 1 is 1.56 bits per heavy atom. The quantitative estimate of drug-likeness (QED) is 0.149. The average molecular weight is 260 g/mol. The van der Waals surface area contributed by atoms with Crippen LogP contribution < -0.4 is 16.4 Å². The van der Waals surface area contributed by atoms with Gasteiger partial charge in [-0.05, 0) is 13.3 Å². The summed E-state index contributed by atoms with van der Waals surface area (Å²) in [5.41, 5.74) is 5.44. The van der Waals surface area contributed by atoms with Gasteiger partial charge >= 0.3 is 0 Å². The molecule has 2 unspecified atom stereocenters. The molecule has 0 saturated heterocycles. The minimum Gasteiger partial charge on any atom is -0.409 e. The minimum absolute atomic E-state index is 0.00377. The molecule has 0 heterocycles. The number of amides is 1. The number of hydrogen-bond acceptors (Lipinski definition) is 5. The van der Waals surface area contributed by atoms with Crippen molar-refractivity contribution >= 4 is 11.7 Å². The van der Waals surface area contributed by atoms with Crippen molar-refractivity contribution in [2.75, 3.05) is 20.3 Å². The Balaban J connectivity index is 4.09. The topological polar surface area (TPSA) is 109 Å². The van der Waals surface area contributed by atoms with Crippen LogP contribution in [0.4, 0.5) is 0 Å². The first-order valence-electron chi connectivity index (χ1n) is 6.04. The molecule has 18 heavy (non-hydrogen) atoms. The average Bonchev–Trinajstić information content (AvgIpc) is 2.37. The lowest BCUT2D eigenvalue weighted by Crippen LogP contribution is -2.48. The van der Waals surface area contributed by atoms with Crippen LogP contribution in [-0.2, 0) is 9.53 Å². The SMILES string of the molecule is CCC(CC(N)=NO)NC(C)C(=O)NCCOC. The summed E-state index contributed by atoms with van der Waals surface area (Å²) >= 11 is 0. The van der Waals surface area contributed by atoms with E-state index in [0.29, 0.717) is 19.6 Å². The van der Waals surface area contributed by atoms with Crippen molar-refractivity contribution in [3.05, 3.63) is 0 Å². The maximum atomic E-state index is 11.7. The summed E-state index contributed by atoms with van der Waals surface area (Å²) in [5, 5.41) is 17.3. The molecule has 0 fully saturated rings. The molecule has 0 aromatic rings. The van der Waals surface area contributed by atoms with Crippen molar-refractivity contribution in [3.8, 4) is 0 Å². The molecule has 0 spiro atoms. The first-order chi connectivity index (χ1) is 8.54. The first-order valence-corrected chi connectivity index (χ1v) is 6.04. The van der Waals surface area contributed by atoms with E-state index in [4.69, 9.17) is 15.7 Å². The molecule has 106 valence electrons. The van der Waals surface area contributed by atoms with Crippen LogP contribution in [0.2, 0.25) is 0 Å². The molecule has 0 aromatic carbocycles. The molecule has 0 aliphatic carbocycles. The van der Waals surface area contributed by atoms with Crippen LogP contribution in [0.1, 0.15) is 26.7 Å². The third kappa shape index (κ3) is 7.08. The van der Waals surface area contributed by atoms with E-state index in [-0.39, 0.29) is 23.8 Å². The lowest BCUT2D eigenvalue weighted by Gasteiger charge is -2.21. The van der Waals surface area contributed by atoms with Crippen LogP contribution in [0.25, 0.3) is 0 Å². The van der Waals surface area contributed by atoms with Gasteiger partial charge in [-0.2, -0.15) is 0 Å². The van der Waals surface area contributed by atoms with Gasteiger partial charge < -0.3 is 26.3 Å². The van der Waals surface area contributed by atoms with Crippen molar-refractivity contribution in [1.29, 1.82) is 0 Å². The summed E-state index contributed by atoms with van der Waals surface area (Å²) < 4.78 is 4.85. The molecular weight excluding hydrogens is 236 g/mol. The highest BCUT2D eigenvalue weighted by molar-refractivity contribution is 5.82. The summed E-state index contributed by atoms with van der Waals surface area (Å²) in [6, 6.07) is -0.331. The fraction of sp³-hybridized carbons (Fsp3) is 0.818. The number of rotatable bonds is 9. The molecule has 7 nitrogen and oxygen atoms in total. The second kappa shape index (κ2) is 9.67. The molecule has 1 amide bonds. The molecule has 2 atom stereocenters. The van der Waals surface area contributed by atoms with Gasteiger partial charge in [0.15, 0.2) is 0 Å². The second-order valence-corrected chi connectivity index (χ2v) is 4.07. The number of carbonyl (C=O) groups excluding carboxylic acids is 1. The molecule has 0 saturated carbocycles.